The lowest BCUT2D eigenvalue weighted by Crippen LogP contribution is -2.30. The smallest absolute Gasteiger partial charge is 0.243 e. The van der Waals surface area contributed by atoms with E-state index < -0.39 is 20.0 Å². The van der Waals surface area contributed by atoms with Gasteiger partial charge >= 0.3 is 0 Å². The van der Waals surface area contributed by atoms with Crippen molar-refractivity contribution in [2.75, 3.05) is 21.3 Å². The van der Waals surface area contributed by atoms with E-state index in [0.717, 1.165) is 17.7 Å². The molecule has 0 saturated heterocycles. The molecule has 4 rings (SSSR count). The fourth-order valence-electron chi connectivity index (χ4n) is 3.66. The monoisotopic (exact) mass is 552 g/mol. The summed E-state index contributed by atoms with van der Waals surface area (Å²) in [6.45, 7) is 0.167. The summed E-state index contributed by atoms with van der Waals surface area (Å²) in [5, 5.41) is 1.88. The van der Waals surface area contributed by atoms with Gasteiger partial charge in [0.05, 0.1) is 31.1 Å². The van der Waals surface area contributed by atoms with E-state index in [1.165, 1.54) is 61.2 Å². The van der Waals surface area contributed by atoms with Crippen LogP contribution in [0, 0.1) is 0 Å². The summed E-state index contributed by atoms with van der Waals surface area (Å²) >= 11 is 1.45. The van der Waals surface area contributed by atoms with Crippen molar-refractivity contribution in [1.29, 1.82) is 0 Å². The molecule has 3 aromatic rings. The minimum atomic E-state index is -3.99. The largest absolute Gasteiger partial charge is 0.493 e. The van der Waals surface area contributed by atoms with Crippen LogP contribution in [0.5, 0.6) is 17.2 Å². The number of hydrogen-bond acceptors (Lipinski definition) is 8. The van der Waals surface area contributed by atoms with Crippen LogP contribution in [-0.2, 0) is 33.1 Å². The van der Waals surface area contributed by atoms with E-state index in [-0.39, 0.29) is 28.9 Å². The summed E-state index contributed by atoms with van der Waals surface area (Å²) in [5.74, 6) is 1.24. The van der Waals surface area contributed by atoms with Gasteiger partial charge < -0.3 is 14.2 Å². The van der Waals surface area contributed by atoms with Gasteiger partial charge in [-0.2, -0.15) is 4.31 Å². The Kier molecular flexibility index (Phi) is 7.90. The second-order valence-corrected chi connectivity index (χ2v) is 12.9. The minimum absolute atomic E-state index is 0.00290. The lowest BCUT2D eigenvalue weighted by Gasteiger charge is -2.23. The molecule has 2 aromatic carbocycles. The number of sulfonamides is 2. The first-order valence-corrected chi connectivity index (χ1v) is 14.9. The molecule has 1 fully saturated rings. The zero-order valence-electron chi connectivity index (χ0n) is 20.1. The number of hydrogen-bond donors (Lipinski definition) is 1. The lowest BCUT2D eigenvalue weighted by atomic mass is 10.1. The molecule has 1 aliphatic carbocycles. The van der Waals surface area contributed by atoms with Crippen LogP contribution in [0.1, 0.15) is 23.3 Å². The average Bonchev–Trinajstić information content (AvgIpc) is 3.52. The highest BCUT2D eigenvalue weighted by molar-refractivity contribution is 7.89. The Hall–Kier alpha value is -2.64. The second kappa shape index (κ2) is 10.8. The van der Waals surface area contributed by atoms with Gasteiger partial charge in [0.2, 0.25) is 25.8 Å². The summed E-state index contributed by atoms with van der Waals surface area (Å²) in [7, 11) is -3.19. The third-order valence-corrected chi connectivity index (χ3v) is 9.87. The van der Waals surface area contributed by atoms with Crippen molar-refractivity contribution >= 4 is 31.4 Å². The molecular formula is C24H28N2O7S3. The van der Waals surface area contributed by atoms with Crippen LogP contribution >= 0.6 is 11.3 Å². The molecular weight excluding hydrogens is 524 g/mol. The van der Waals surface area contributed by atoms with Gasteiger partial charge in [0, 0.05) is 24.0 Å². The zero-order chi connectivity index (χ0) is 25.9. The first kappa shape index (κ1) is 26.4. The van der Waals surface area contributed by atoms with Crippen LogP contribution in [0.3, 0.4) is 0 Å². The van der Waals surface area contributed by atoms with Gasteiger partial charge in [0.25, 0.3) is 0 Å². The maximum Gasteiger partial charge on any atom is 0.243 e. The molecule has 0 bridgehead atoms. The third-order valence-electron chi connectivity index (χ3n) is 5.67. The van der Waals surface area contributed by atoms with Gasteiger partial charge in [-0.3, -0.25) is 0 Å². The van der Waals surface area contributed by atoms with Crippen LogP contribution in [0.4, 0.5) is 0 Å². The second-order valence-electron chi connectivity index (χ2n) is 8.25. The number of nitrogens with zero attached hydrogens (tertiary/aromatic N) is 1. The highest BCUT2D eigenvalue weighted by Crippen LogP contribution is 2.39. The topological polar surface area (TPSA) is 111 Å². The van der Waals surface area contributed by atoms with Crippen LogP contribution in [0.2, 0.25) is 0 Å². The van der Waals surface area contributed by atoms with Crippen molar-refractivity contribution < 1.29 is 31.0 Å². The van der Waals surface area contributed by atoms with Gasteiger partial charge in [-0.15, -0.1) is 11.3 Å². The maximum absolute atomic E-state index is 13.7. The number of rotatable bonds is 12. The lowest BCUT2D eigenvalue weighted by molar-refractivity contribution is 0.322. The highest BCUT2D eigenvalue weighted by atomic mass is 32.2. The predicted octanol–water partition coefficient (Wildman–Crippen LogP) is 3.61. The molecule has 36 heavy (non-hydrogen) atoms. The summed E-state index contributed by atoms with van der Waals surface area (Å²) in [5.41, 5.74) is 0.637. The quantitative estimate of drug-likeness (QED) is 0.365. The van der Waals surface area contributed by atoms with E-state index in [1.807, 2.05) is 17.5 Å². The molecule has 0 atom stereocenters. The predicted molar refractivity (Wildman–Crippen MR) is 137 cm³/mol. The zero-order valence-corrected chi connectivity index (χ0v) is 22.6. The van der Waals surface area contributed by atoms with E-state index in [4.69, 9.17) is 14.2 Å². The van der Waals surface area contributed by atoms with Gasteiger partial charge in [-0.1, -0.05) is 6.07 Å². The Morgan fingerprint density at radius 1 is 0.889 bits per heavy atom. The minimum Gasteiger partial charge on any atom is -0.493 e. The Morgan fingerprint density at radius 2 is 1.50 bits per heavy atom. The fourth-order valence-corrected chi connectivity index (χ4v) is 7.17. The fraction of sp³-hybridized carbons (Fsp3) is 0.333. The summed E-state index contributed by atoms with van der Waals surface area (Å²) < 4.78 is 72.6. The summed E-state index contributed by atoms with van der Waals surface area (Å²) in [6, 6.07) is 12.4. The first-order chi connectivity index (χ1) is 17.2. The molecule has 1 saturated carbocycles. The number of benzene rings is 2. The number of methoxy groups -OCH3 is 3. The van der Waals surface area contributed by atoms with E-state index in [1.54, 1.807) is 12.1 Å². The molecule has 0 amide bonds. The summed E-state index contributed by atoms with van der Waals surface area (Å²) in [6.07, 6.45) is 1.62. The first-order valence-electron chi connectivity index (χ1n) is 11.1. The standard InChI is InChI=1S/C24H28N2O7S3/c1-31-22-13-17(14-23(32-2)24(22)33-3)15-26(16-19-5-4-12-34-19)36(29,30)21-10-8-20(9-11-21)35(27,28)25-18-6-7-18/h4-5,8-14,18,25H,6-7,15-16H2,1-3H3. The van der Waals surface area contributed by atoms with Crippen LogP contribution in [-0.4, -0.2) is 48.5 Å². The Bertz CT molecular complexity index is 1380. The normalized spacial score (nSPS) is 14.1. The molecule has 12 heteroatoms. The molecule has 0 radical (unpaired) electrons. The highest BCUT2D eigenvalue weighted by Gasteiger charge is 2.30. The van der Waals surface area contributed by atoms with Crippen molar-refractivity contribution in [2.45, 2.75) is 41.8 Å². The van der Waals surface area contributed by atoms with E-state index in [0.29, 0.717) is 22.8 Å². The molecule has 9 nitrogen and oxygen atoms in total. The molecule has 1 aliphatic rings. The van der Waals surface area contributed by atoms with Crippen LogP contribution in [0.25, 0.3) is 0 Å². The molecule has 1 N–H and O–H groups in total. The van der Waals surface area contributed by atoms with Gasteiger partial charge in [0.15, 0.2) is 11.5 Å². The molecule has 0 unspecified atom stereocenters. The summed E-state index contributed by atoms with van der Waals surface area (Å²) in [4.78, 5) is 0.888. The Morgan fingerprint density at radius 3 is 2.00 bits per heavy atom. The van der Waals surface area contributed by atoms with Crippen LogP contribution in [0.15, 0.2) is 63.7 Å². The number of ether oxygens (including phenoxy) is 3. The van der Waals surface area contributed by atoms with E-state index in [9.17, 15) is 16.8 Å². The Balaban J connectivity index is 1.67. The maximum atomic E-state index is 13.7. The van der Waals surface area contributed by atoms with Crippen LogP contribution < -0.4 is 18.9 Å². The van der Waals surface area contributed by atoms with E-state index in [2.05, 4.69) is 4.72 Å². The SMILES string of the molecule is COc1cc(CN(Cc2cccs2)S(=O)(=O)c2ccc(S(=O)(=O)NC3CC3)cc2)cc(OC)c1OC. The van der Waals surface area contributed by atoms with Crippen molar-refractivity contribution in [2.24, 2.45) is 0 Å². The van der Waals surface area contributed by atoms with Crippen molar-refractivity contribution in [3.8, 4) is 17.2 Å². The third kappa shape index (κ3) is 5.84. The average molecular weight is 553 g/mol. The molecule has 0 aliphatic heterocycles. The molecule has 194 valence electrons. The van der Waals surface area contributed by atoms with Crippen molar-refractivity contribution in [3.63, 3.8) is 0 Å². The van der Waals surface area contributed by atoms with Gasteiger partial charge in [0.1, 0.15) is 0 Å². The molecule has 1 aromatic heterocycles. The van der Waals surface area contributed by atoms with Crippen molar-refractivity contribution in [3.05, 3.63) is 64.4 Å². The van der Waals surface area contributed by atoms with Gasteiger partial charge in [-0.05, 0) is 66.2 Å². The van der Waals surface area contributed by atoms with E-state index >= 15 is 0 Å². The number of nitrogens with one attached hydrogen (secondary N) is 1. The molecule has 1 heterocycles. The number of thiophene rings is 1. The Labute approximate surface area is 215 Å². The van der Waals surface area contributed by atoms with Gasteiger partial charge in [-0.25, -0.2) is 21.6 Å². The van der Waals surface area contributed by atoms with Crippen molar-refractivity contribution in [1.82, 2.24) is 9.03 Å². The molecule has 0 spiro atoms.